The zero-order chi connectivity index (χ0) is 10.6. The largest absolute Gasteiger partial charge is 0.481 e. The number of ether oxygens (including phenoxy) is 1. The van der Waals surface area contributed by atoms with Gasteiger partial charge >= 0.3 is 5.97 Å². The molecule has 1 rings (SSSR count). The molecule has 0 bridgehead atoms. The smallest absolute Gasteiger partial charge is 0.308 e. The van der Waals surface area contributed by atoms with Crippen LogP contribution in [0.3, 0.4) is 0 Å². The summed E-state index contributed by atoms with van der Waals surface area (Å²) in [6, 6.07) is 0.380. The second-order valence-corrected chi connectivity index (χ2v) is 3.86. The number of carboxylic acid groups (broad SMARTS) is 1. The minimum Gasteiger partial charge on any atom is -0.481 e. The summed E-state index contributed by atoms with van der Waals surface area (Å²) in [5, 5.41) is 12.1. The molecule has 0 spiro atoms. The summed E-state index contributed by atoms with van der Waals surface area (Å²) in [5.41, 5.74) is 0. The summed E-state index contributed by atoms with van der Waals surface area (Å²) in [6.07, 6.45) is 1.77. The molecule has 0 heterocycles. The molecule has 1 aliphatic rings. The summed E-state index contributed by atoms with van der Waals surface area (Å²) in [5.74, 6) is -0.878. The van der Waals surface area contributed by atoms with Crippen LogP contribution in [-0.4, -0.2) is 36.4 Å². The summed E-state index contributed by atoms with van der Waals surface area (Å²) < 4.78 is 5.25. The Hall–Kier alpha value is -0.610. The van der Waals surface area contributed by atoms with E-state index < -0.39 is 5.97 Å². The lowest BCUT2D eigenvalue weighted by Crippen LogP contribution is -2.51. The van der Waals surface area contributed by atoms with E-state index in [9.17, 15) is 4.79 Å². The first-order chi connectivity index (χ1) is 6.65. The van der Waals surface area contributed by atoms with Crippen molar-refractivity contribution in [2.75, 3.05) is 13.2 Å². The Morgan fingerprint density at radius 2 is 2.36 bits per heavy atom. The number of hydrogen-bond acceptors (Lipinski definition) is 3. The van der Waals surface area contributed by atoms with Crippen LogP contribution >= 0.6 is 0 Å². The second-order valence-electron chi connectivity index (χ2n) is 3.86. The van der Waals surface area contributed by atoms with Gasteiger partial charge in [-0.15, -0.1) is 0 Å². The first-order valence-electron chi connectivity index (χ1n) is 5.21. The van der Waals surface area contributed by atoms with Crippen molar-refractivity contribution in [3.63, 3.8) is 0 Å². The van der Waals surface area contributed by atoms with E-state index in [1.807, 2.05) is 13.8 Å². The fraction of sp³-hybridized carbons (Fsp3) is 0.900. The van der Waals surface area contributed by atoms with E-state index in [2.05, 4.69) is 5.32 Å². The van der Waals surface area contributed by atoms with Gasteiger partial charge in [-0.2, -0.15) is 0 Å². The molecule has 1 saturated carbocycles. The highest BCUT2D eigenvalue weighted by molar-refractivity contribution is 5.72. The molecule has 14 heavy (non-hydrogen) atoms. The number of carbonyl (C=O) groups is 1. The molecule has 0 aliphatic heterocycles. The van der Waals surface area contributed by atoms with Crippen LogP contribution in [0.4, 0.5) is 0 Å². The zero-order valence-electron chi connectivity index (χ0n) is 8.82. The molecule has 4 nitrogen and oxygen atoms in total. The van der Waals surface area contributed by atoms with Gasteiger partial charge in [0.2, 0.25) is 0 Å². The monoisotopic (exact) mass is 201 g/mol. The Labute approximate surface area is 84.6 Å². The molecule has 0 aromatic carbocycles. The highest BCUT2D eigenvalue weighted by Crippen LogP contribution is 2.27. The highest BCUT2D eigenvalue weighted by Gasteiger charge is 2.36. The fourth-order valence-corrected chi connectivity index (χ4v) is 1.70. The van der Waals surface area contributed by atoms with Crippen molar-refractivity contribution in [2.24, 2.45) is 5.92 Å². The number of nitrogens with one attached hydrogen (secondary N) is 1. The molecular formula is C10H19NO3. The van der Waals surface area contributed by atoms with Crippen LogP contribution in [-0.2, 0) is 9.53 Å². The quantitative estimate of drug-likeness (QED) is 0.669. The van der Waals surface area contributed by atoms with Gasteiger partial charge in [0.25, 0.3) is 0 Å². The molecular weight excluding hydrogens is 182 g/mol. The van der Waals surface area contributed by atoms with Gasteiger partial charge in [0.05, 0.1) is 12.5 Å². The molecule has 1 aliphatic carbocycles. The zero-order valence-corrected chi connectivity index (χ0v) is 8.82. The molecule has 2 N–H and O–H groups in total. The third kappa shape index (κ3) is 2.96. The number of hydrogen-bond donors (Lipinski definition) is 2. The van der Waals surface area contributed by atoms with Crippen molar-refractivity contribution in [1.29, 1.82) is 0 Å². The molecule has 0 saturated heterocycles. The maximum absolute atomic E-state index is 10.7. The predicted molar refractivity (Wildman–Crippen MR) is 53.2 cm³/mol. The van der Waals surface area contributed by atoms with E-state index in [1.54, 1.807) is 0 Å². The lowest BCUT2D eigenvalue weighted by molar-refractivity contribution is -0.146. The Kier molecular flexibility index (Phi) is 4.35. The molecule has 0 aromatic rings. The lowest BCUT2D eigenvalue weighted by atomic mass is 9.79. The maximum atomic E-state index is 10.7. The van der Waals surface area contributed by atoms with Crippen LogP contribution in [0.5, 0.6) is 0 Å². The third-order valence-electron chi connectivity index (χ3n) is 2.66. The maximum Gasteiger partial charge on any atom is 0.308 e. The average Bonchev–Trinajstić information content (AvgIpc) is 2.08. The van der Waals surface area contributed by atoms with Gasteiger partial charge in [0.1, 0.15) is 0 Å². The molecule has 82 valence electrons. The minimum atomic E-state index is -0.683. The van der Waals surface area contributed by atoms with E-state index in [0.29, 0.717) is 13.2 Å². The van der Waals surface area contributed by atoms with Crippen molar-refractivity contribution < 1.29 is 14.6 Å². The van der Waals surface area contributed by atoms with Crippen molar-refractivity contribution in [3.05, 3.63) is 0 Å². The molecule has 0 radical (unpaired) electrons. The van der Waals surface area contributed by atoms with E-state index >= 15 is 0 Å². The van der Waals surface area contributed by atoms with E-state index in [4.69, 9.17) is 9.84 Å². The van der Waals surface area contributed by atoms with Gasteiger partial charge in [0.15, 0.2) is 0 Å². The van der Waals surface area contributed by atoms with Crippen molar-refractivity contribution in [1.82, 2.24) is 5.32 Å². The predicted octanol–water partition coefficient (Wildman–Crippen LogP) is 0.864. The van der Waals surface area contributed by atoms with Gasteiger partial charge < -0.3 is 15.2 Å². The normalized spacial score (nSPS) is 28.1. The van der Waals surface area contributed by atoms with E-state index in [0.717, 1.165) is 12.8 Å². The van der Waals surface area contributed by atoms with Gasteiger partial charge in [-0.1, -0.05) is 0 Å². The molecule has 1 fully saturated rings. The number of aliphatic carboxylic acids is 1. The Bertz CT molecular complexity index is 196. The molecule has 0 amide bonds. The topological polar surface area (TPSA) is 58.6 Å². The molecule has 4 heteroatoms. The third-order valence-corrected chi connectivity index (χ3v) is 2.66. The summed E-state index contributed by atoms with van der Waals surface area (Å²) in [6.45, 7) is 5.33. The van der Waals surface area contributed by atoms with Gasteiger partial charge in [-0.05, 0) is 26.7 Å². The molecule has 3 unspecified atom stereocenters. The van der Waals surface area contributed by atoms with Crippen LogP contribution in [0.25, 0.3) is 0 Å². The standard InChI is InChI=1S/C10H19NO3/c1-3-14-6-7(2)11-9-5-4-8(9)10(12)13/h7-9,11H,3-6H2,1-2H3,(H,12,13). The van der Waals surface area contributed by atoms with Crippen LogP contribution in [0, 0.1) is 5.92 Å². The van der Waals surface area contributed by atoms with Gasteiger partial charge in [-0.25, -0.2) is 0 Å². The van der Waals surface area contributed by atoms with Crippen LogP contribution in [0.1, 0.15) is 26.7 Å². The Morgan fingerprint density at radius 1 is 1.64 bits per heavy atom. The van der Waals surface area contributed by atoms with Crippen LogP contribution in [0.2, 0.25) is 0 Å². The molecule has 0 aromatic heterocycles. The Morgan fingerprint density at radius 3 is 2.79 bits per heavy atom. The van der Waals surface area contributed by atoms with Crippen molar-refractivity contribution in [2.45, 2.75) is 38.8 Å². The van der Waals surface area contributed by atoms with Crippen LogP contribution < -0.4 is 5.32 Å². The van der Waals surface area contributed by atoms with Crippen LogP contribution in [0.15, 0.2) is 0 Å². The second kappa shape index (κ2) is 5.32. The minimum absolute atomic E-state index is 0.142. The van der Waals surface area contributed by atoms with Gasteiger partial charge in [0, 0.05) is 18.7 Å². The average molecular weight is 201 g/mol. The number of carboxylic acids is 1. The highest BCUT2D eigenvalue weighted by atomic mass is 16.5. The SMILES string of the molecule is CCOCC(C)NC1CCC1C(=O)O. The van der Waals surface area contributed by atoms with Crippen molar-refractivity contribution >= 4 is 5.97 Å². The van der Waals surface area contributed by atoms with E-state index in [-0.39, 0.29) is 18.0 Å². The Balaban J connectivity index is 2.20. The fourth-order valence-electron chi connectivity index (χ4n) is 1.70. The summed E-state index contributed by atoms with van der Waals surface area (Å²) in [4.78, 5) is 10.7. The summed E-state index contributed by atoms with van der Waals surface area (Å²) in [7, 11) is 0. The first kappa shape index (κ1) is 11.5. The lowest BCUT2D eigenvalue weighted by Gasteiger charge is -2.36. The molecule has 3 atom stereocenters. The van der Waals surface area contributed by atoms with Crippen molar-refractivity contribution in [3.8, 4) is 0 Å². The first-order valence-corrected chi connectivity index (χ1v) is 5.21. The number of rotatable bonds is 6. The summed E-state index contributed by atoms with van der Waals surface area (Å²) >= 11 is 0. The van der Waals surface area contributed by atoms with E-state index in [1.165, 1.54) is 0 Å². The van der Waals surface area contributed by atoms with Gasteiger partial charge in [-0.3, -0.25) is 4.79 Å².